The maximum absolute atomic E-state index is 12.0. The van der Waals surface area contributed by atoms with Crippen molar-refractivity contribution >= 4 is 16.9 Å². The predicted molar refractivity (Wildman–Crippen MR) is 90.2 cm³/mol. The lowest BCUT2D eigenvalue weighted by atomic mass is 9.89. The molecule has 1 aliphatic rings. The lowest BCUT2D eigenvalue weighted by molar-refractivity contribution is -0.155. The van der Waals surface area contributed by atoms with Crippen LogP contribution in [-0.2, 0) is 16.0 Å². The monoisotopic (exact) mass is 328 g/mol. The number of ether oxygens (including phenoxy) is 2. The molecule has 0 N–H and O–H groups in total. The Morgan fingerprint density at radius 3 is 2.71 bits per heavy atom. The number of rotatable bonds is 2. The van der Waals surface area contributed by atoms with E-state index in [0.29, 0.717) is 12.0 Å². The van der Waals surface area contributed by atoms with E-state index in [1.165, 1.54) is 12.1 Å². The third-order valence-electron chi connectivity index (χ3n) is 4.07. The molecule has 0 bridgehead atoms. The van der Waals surface area contributed by atoms with Gasteiger partial charge in [-0.25, -0.2) is 9.59 Å². The van der Waals surface area contributed by atoms with Gasteiger partial charge in [-0.15, -0.1) is 0 Å². The second-order valence-electron chi connectivity index (χ2n) is 6.77. The summed E-state index contributed by atoms with van der Waals surface area (Å²) in [6.07, 6.45) is 1.52. The van der Waals surface area contributed by atoms with Crippen molar-refractivity contribution in [3.63, 3.8) is 0 Å². The minimum absolute atomic E-state index is 0.383. The first-order valence-electron chi connectivity index (χ1n) is 7.86. The highest BCUT2D eigenvalue weighted by Gasteiger charge is 2.40. The Kier molecular flexibility index (Phi) is 3.95. The molecule has 0 saturated heterocycles. The lowest BCUT2D eigenvalue weighted by Crippen LogP contribution is -2.48. The SMILES string of the molecule is CC(C)=CC(=O)O[C@@H]1Cc2c(ccc3oc(=O)ccc23)OC1(C)C. The van der Waals surface area contributed by atoms with Crippen LogP contribution in [0.3, 0.4) is 0 Å². The molecule has 0 radical (unpaired) electrons. The van der Waals surface area contributed by atoms with E-state index >= 15 is 0 Å². The summed E-state index contributed by atoms with van der Waals surface area (Å²) < 4.78 is 16.9. The Bertz CT molecular complexity index is 884. The van der Waals surface area contributed by atoms with Crippen molar-refractivity contribution in [2.45, 2.75) is 45.8 Å². The molecule has 0 aliphatic carbocycles. The van der Waals surface area contributed by atoms with Crippen molar-refractivity contribution in [1.29, 1.82) is 0 Å². The van der Waals surface area contributed by atoms with Gasteiger partial charge in [-0.2, -0.15) is 0 Å². The van der Waals surface area contributed by atoms with Crippen LogP contribution in [0.15, 0.2) is 45.1 Å². The van der Waals surface area contributed by atoms with Crippen molar-refractivity contribution in [2.75, 3.05) is 0 Å². The average molecular weight is 328 g/mol. The Labute approximate surface area is 139 Å². The van der Waals surface area contributed by atoms with Gasteiger partial charge in [-0.1, -0.05) is 5.57 Å². The summed E-state index contributed by atoms with van der Waals surface area (Å²) in [5, 5.41) is 0.797. The second-order valence-corrected chi connectivity index (χ2v) is 6.77. The summed E-state index contributed by atoms with van der Waals surface area (Å²) in [6.45, 7) is 7.47. The third-order valence-corrected chi connectivity index (χ3v) is 4.07. The molecular formula is C19H20O5. The van der Waals surface area contributed by atoms with E-state index < -0.39 is 17.3 Å². The number of esters is 1. The Morgan fingerprint density at radius 2 is 2.00 bits per heavy atom. The molecule has 0 amide bonds. The first-order chi connectivity index (χ1) is 11.3. The van der Waals surface area contributed by atoms with Crippen molar-refractivity contribution in [1.82, 2.24) is 0 Å². The van der Waals surface area contributed by atoms with E-state index in [1.807, 2.05) is 27.7 Å². The molecular weight excluding hydrogens is 308 g/mol. The summed E-state index contributed by atoms with van der Waals surface area (Å²) in [6, 6.07) is 6.61. The van der Waals surface area contributed by atoms with Crippen molar-refractivity contribution in [3.05, 3.63) is 51.9 Å². The van der Waals surface area contributed by atoms with Gasteiger partial charge in [0.15, 0.2) is 0 Å². The average Bonchev–Trinajstić information content (AvgIpc) is 2.46. The largest absolute Gasteiger partial charge is 0.484 e. The molecule has 0 unspecified atom stereocenters. The number of carbonyl (C=O) groups excluding carboxylic acids is 1. The fraction of sp³-hybridized carbons (Fsp3) is 0.368. The maximum Gasteiger partial charge on any atom is 0.336 e. The summed E-state index contributed by atoms with van der Waals surface area (Å²) >= 11 is 0. The van der Waals surface area contributed by atoms with Crippen LogP contribution in [0.4, 0.5) is 0 Å². The third kappa shape index (κ3) is 3.07. The highest BCUT2D eigenvalue weighted by atomic mass is 16.6. The normalized spacial score (nSPS) is 18.4. The van der Waals surface area contributed by atoms with Crippen molar-refractivity contribution in [3.8, 4) is 5.75 Å². The summed E-state index contributed by atoms with van der Waals surface area (Å²) in [4.78, 5) is 23.4. The van der Waals surface area contributed by atoms with Gasteiger partial charge >= 0.3 is 11.6 Å². The zero-order chi connectivity index (χ0) is 17.5. The molecule has 0 spiro atoms. The molecule has 1 aromatic heterocycles. The Morgan fingerprint density at radius 1 is 1.25 bits per heavy atom. The molecule has 0 fully saturated rings. The standard InChI is InChI=1S/C19H20O5/c1-11(2)9-18(21)23-16-10-13-12-5-8-17(20)22-14(12)6-7-15(13)24-19(16,3)4/h5-9,16H,10H2,1-4H3/t16-/m1/s1. The quantitative estimate of drug-likeness (QED) is 0.480. The topological polar surface area (TPSA) is 65.7 Å². The Hall–Kier alpha value is -2.56. The smallest absolute Gasteiger partial charge is 0.336 e. The number of hydrogen-bond donors (Lipinski definition) is 0. The predicted octanol–water partition coefficient (Wildman–Crippen LogP) is 3.38. The van der Waals surface area contributed by atoms with Gasteiger partial charge in [0.2, 0.25) is 0 Å². The van der Waals surface area contributed by atoms with Gasteiger partial charge in [0.25, 0.3) is 0 Å². The summed E-state index contributed by atoms with van der Waals surface area (Å²) in [5.41, 5.74) is 1.21. The van der Waals surface area contributed by atoms with Crippen LogP contribution < -0.4 is 10.4 Å². The Balaban J connectivity index is 2.01. The minimum atomic E-state index is -0.651. The van der Waals surface area contributed by atoms with Crippen LogP contribution >= 0.6 is 0 Å². The van der Waals surface area contributed by atoms with Crippen LogP contribution in [0, 0.1) is 0 Å². The maximum atomic E-state index is 12.0. The van der Waals surface area contributed by atoms with Gasteiger partial charge in [-0.3, -0.25) is 0 Å². The zero-order valence-corrected chi connectivity index (χ0v) is 14.2. The first kappa shape index (κ1) is 16.3. The van der Waals surface area contributed by atoms with Gasteiger partial charge in [0, 0.05) is 29.5 Å². The molecule has 1 atom stereocenters. The number of benzene rings is 1. The van der Waals surface area contributed by atoms with E-state index in [2.05, 4.69) is 0 Å². The minimum Gasteiger partial charge on any atom is -0.484 e. The molecule has 1 aromatic carbocycles. The van der Waals surface area contributed by atoms with Gasteiger partial charge in [-0.05, 0) is 45.9 Å². The van der Waals surface area contributed by atoms with Crippen LogP contribution in [0.1, 0.15) is 33.3 Å². The fourth-order valence-electron chi connectivity index (χ4n) is 2.87. The van der Waals surface area contributed by atoms with Gasteiger partial charge in [0.05, 0.1) is 0 Å². The lowest BCUT2D eigenvalue weighted by Gasteiger charge is -2.39. The molecule has 5 heteroatoms. The second kappa shape index (κ2) is 5.82. The van der Waals surface area contributed by atoms with Crippen LogP contribution in [0.25, 0.3) is 11.0 Å². The molecule has 5 nitrogen and oxygen atoms in total. The van der Waals surface area contributed by atoms with E-state index in [0.717, 1.165) is 22.3 Å². The van der Waals surface area contributed by atoms with Crippen LogP contribution in [-0.4, -0.2) is 17.7 Å². The zero-order valence-electron chi connectivity index (χ0n) is 14.2. The van der Waals surface area contributed by atoms with Crippen LogP contribution in [0.5, 0.6) is 5.75 Å². The summed E-state index contributed by atoms with van der Waals surface area (Å²) in [7, 11) is 0. The van der Waals surface area contributed by atoms with E-state index in [4.69, 9.17) is 13.9 Å². The van der Waals surface area contributed by atoms with E-state index in [1.54, 1.807) is 18.2 Å². The molecule has 3 rings (SSSR count). The molecule has 1 aliphatic heterocycles. The molecule has 126 valence electrons. The van der Waals surface area contributed by atoms with Gasteiger partial charge in [0.1, 0.15) is 23.0 Å². The number of carbonyl (C=O) groups is 1. The molecule has 24 heavy (non-hydrogen) atoms. The molecule has 2 heterocycles. The van der Waals surface area contributed by atoms with Gasteiger partial charge < -0.3 is 13.9 Å². The fourth-order valence-corrected chi connectivity index (χ4v) is 2.87. The number of hydrogen-bond acceptors (Lipinski definition) is 5. The number of allylic oxidation sites excluding steroid dienone is 1. The number of fused-ring (bicyclic) bond motifs is 3. The summed E-state index contributed by atoms with van der Waals surface area (Å²) in [5.74, 6) is 0.336. The van der Waals surface area contributed by atoms with E-state index in [-0.39, 0.29) is 5.97 Å². The van der Waals surface area contributed by atoms with E-state index in [9.17, 15) is 9.59 Å². The highest BCUT2D eigenvalue weighted by Crippen LogP contribution is 2.38. The van der Waals surface area contributed by atoms with Crippen molar-refractivity contribution < 1.29 is 18.7 Å². The molecule has 2 aromatic rings. The molecule has 0 saturated carbocycles. The highest BCUT2D eigenvalue weighted by molar-refractivity contribution is 5.84. The van der Waals surface area contributed by atoms with Crippen LogP contribution in [0.2, 0.25) is 0 Å². The van der Waals surface area contributed by atoms with Crippen molar-refractivity contribution in [2.24, 2.45) is 0 Å². The first-order valence-corrected chi connectivity index (χ1v) is 7.86.